The number of rotatable bonds is 6. The fraction of sp³-hybridized carbons (Fsp3) is 0.385. The average molecular weight is 467 g/mol. The summed E-state index contributed by atoms with van der Waals surface area (Å²) >= 11 is 0. The van der Waals surface area contributed by atoms with Crippen molar-refractivity contribution in [2.45, 2.75) is 52.1 Å². The van der Waals surface area contributed by atoms with Crippen LogP contribution in [-0.2, 0) is 19.3 Å². The van der Waals surface area contributed by atoms with Gasteiger partial charge in [-0.2, -0.15) is 0 Å². The molecule has 3 aromatic carbocycles. The molecule has 1 aliphatic heterocycles. The molecule has 2 unspecified atom stereocenters. The van der Waals surface area contributed by atoms with Crippen molar-refractivity contribution in [3.05, 3.63) is 53.6 Å². The maximum Gasteiger partial charge on any atom is 0.305 e. The maximum atomic E-state index is 13.3. The number of fused-ring (bicyclic) bond motifs is 2. The van der Waals surface area contributed by atoms with E-state index in [1.54, 1.807) is 12.1 Å². The van der Waals surface area contributed by atoms with Crippen molar-refractivity contribution in [1.29, 1.82) is 0 Å². The number of carboxylic acid groups (broad SMARTS) is 1. The molecular formula is C26H30N2O6. The molecule has 0 saturated carbocycles. The number of carbonyl (C=O) groups excluding carboxylic acids is 1. The fourth-order valence-corrected chi connectivity index (χ4v) is 4.40. The summed E-state index contributed by atoms with van der Waals surface area (Å²) in [4.78, 5) is 35.6. The normalized spacial score (nSPS) is 20.0. The SMILES string of the molecule is CC(C)C1OOC(C)(C)C(c2c3ccccc3c(C(=O)NCCC(=O)O)c3cccc(N)c23)O1. The molecule has 0 aromatic heterocycles. The largest absolute Gasteiger partial charge is 0.481 e. The van der Waals surface area contributed by atoms with E-state index >= 15 is 0 Å². The van der Waals surface area contributed by atoms with Crippen LogP contribution in [0.4, 0.5) is 5.69 Å². The number of nitrogens with one attached hydrogen (secondary N) is 1. The number of nitrogen functional groups attached to an aromatic ring is 1. The lowest BCUT2D eigenvalue weighted by molar-refractivity contribution is -0.491. The Balaban J connectivity index is 1.99. The van der Waals surface area contributed by atoms with Crippen LogP contribution in [0.2, 0.25) is 0 Å². The van der Waals surface area contributed by atoms with E-state index in [1.807, 2.05) is 58.0 Å². The van der Waals surface area contributed by atoms with Crippen molar-refractivity contribution >= 4 is 39.1 Å². The Bertz CT molecular complexity index is 1250. The smallest absolute Gasteiger partial charge is 0.305 e. The highest BCUT2D eigenvalue weighted by molar-refractivity contribution is 6.21. The summed E-state index contributed by atoms with van der Waals surface area (Å²) < 4.78 is 6.44. The summed E-state index contributed by atoms with van der Waals surface area (Å²) in [6.45, 7) is 7.77. The second-order valence-corrected chi connectivity index (χ2v) is 9.42. The van der Waals surface area contributed by atoms with Crippen molar-refractivity contribution in [2.24, 2.45) is 5.92 Å². The third-order valence-corrected chi connectivity index (χ3v) is 6.04. The number of carbonyl (C=O) groups is 2. The number of nitrogens with two attached hydrogens (primary N) is 1. The van der Waals surface area contributed by atoms with Gasteiger partial charge < -0.3 is 20.9 Å². The van der Waals surface area contributed by atoms with E-state index < -0.39 is 24.0 Å². The summed E-state index contributed by atoms with van der Waals surface area (Å²) in [6.07, 6.45) is -1.27. The zero-order chi connectivity index (χ0) is 24.6. The molecule has 34 heavy (non-hydrogen) atoms. The van der Waals surface area contributed by atoms with Gasteiger partial charge in [-0.1, -0.05) is 50.2 Å². The maximum absolute atomic E-state index is 13.3. The first kappa shape index (κ1) is 23.9. The molecule has 0 spiro atoms. The molecule has 4 N–H and O–H groups in total. The standard InChI is InChI=1S/C26H30N2O6/c1-14(2)25-32-23(26(3,4)34-33-25)22-16-9-6-5-8-15(16)20(24(31)28-13-12-19(29)30)17-10-7-11-18(27)21(17)22/h5-11,14,23,25H,12-13,27H2,1-4H3,(H,28,31)(H,29,30). The van der Waals surface area contributed by atoms with Gasteiger partial charge in [-0.05, 0) is 36.1 Å². The van der Waals surface area contributed by atoms with Crippen LogP contribution in [0.1, 0.15) is 56.1 Å². The molecule has 1 heterocycles. The fourth-order valence-electron chi connectivity index (χ4n) is 4.40. The van der Waals surface area contributed by atoms with Gasteiger partial charge in [0.25, 0.3) is 5.91 Å². The Morgan fingerprint density at radius 1 is 1.09 bits per heavy atom. The van der Waals surface area contributed by atoms with E-state index in [9.17, 15) is 9.59 Å². The van der Waals surface area contributed by atoms with Crippen LogP contribution in [0.25, 0.3) is 21.5 Å². The Morgan fingerprint density at radius 3 is 2.44 bits per heavy atom. The third kappa shape index (κ3) is 4.32. The van der Waals surface area contributed by atoms with E-state index in [0.29, 0.717) is 22.0 Å². The molecule has 0 radical (unpaired) electrons. The van der Waals surface area contributed by atoms with Crippen molar-refractivity contribution in [1.82, 2.24) is 5.32 Å². The van der Waals surface area contributed by atoms with Gasteiger partial charge in [0.15, 0.2) is 6.29 Å². The van der Waals surface area contributed by atoms with E-state index in [-0.39, 0.29) is 24.8 Å². The molecule has 180 valence electrons. The molecule has 0 bridgehead atoms. The molecule has 0 aliphatic carbocycles. The number of amides is 1. The highest BCUT2D eigenvalue weighted by Crippen LogP contribution is 2.47. The average Bonchev–Trinajstić information content (AvgIpc) is 2.77. The summed E-state index contributed by atoms with van der Waals surface area (Å²) in [6, 6.07) is 13.0. The van der Waals surface area contributed by atoms with Gasteiger partial charge in [0.2, 0.25) is 0 Å². The first-order valence-corrected chi connectivity index (χ1v) is 11.3. The van der Waals surface area contributed by atoms with E-state index in [0.717, 1.165) is 16.3 Å². The van der Waals surface area contributed by atoms with E-state index in [2.05, 4.69) is 5.32 Å². The predicted molar refractivity (Wildman–Crippen MR) is 129 cm³/mol. The monoisotopic (exact) mass is 466 g/mol. The second kappa shape index (κ2) is 9.21. The van der Waals surface area contributed by atoms with Gasteiger partial charge in [0.05, 0.1) is 12.0 Å². The van der Waals surface area contributed by atoms with Crippen LogP contribution < -0.4 is 11.1 Å². The topological polar surface area (TPSA) is 120 Å². The molecule has 2 atom stereocenters. The molecule has 1 aliphatic rings. The number of ether oxygens (including phenoxy) is 1. The highest BCUT2D eigenvalue weighted by Gasteiger charge is 2.44. The van der Waals surface area contributed by atoms with Gasteiger partial charge in [0, 0.05) is 29.1 Å². The van der Waals surface area contributed by atoms with Crippen LogP contribution in [0.3, 0.4) is 0 Å². The second-order valence-electron chi connectivity index (χ2n) is 9.42. The summed E-state index contributed by atoms with van der Waals surface area (Å²) in [5.41, 5.74) is 7.44. The van der Waals surface area contributed by atoms with Crippen molar-refractivity contribution < 1.29 is 29.2 Å². The Hall–Kier alpha value is -3.20. The molecule has 8 heteroatoms. The zero-order valence-corrected chi connectivity index (χ0v) is 19.8. The summed E-state index contributed by atoms with van der Waals surface area (Å²) in [5, 5.41) is 14.6. The number of anilines is 1. The van der Waals surface area contributed by atoms with Crippen molar-refractivity contribution in [3.63, 3.8) is 0 Å². The lowest BCUT2D eigenvalue weighted by atomic mass is 9.83. The van der Waals surface area contributed by atoms with E-state index in [4.69, 9.17) is 25.4 Å². The highest BCUT2D eigenvalue weighted by atomic mass is 17.2. The minimum atomic E-state index is -0.979. The molecule has 8 nitrogen and oxygen atoms in total. The molecule has 1 saturated heterocycles. The van der Waals surface area contributed by atoms with Crippen molar-refractivity contribution in [3.8, 4) is 0 Å². The van der Waals surface area contributed by atoms with E-state index in [1.165, 1.54) is 0 Å². The number of hydrogen-bond donors (Lipinski definition) is 3. The molecule has 1 fully saturated rings. The summed E-state index contributed by atoms with van der Waals surface area (Å²) in [5.74, 6) is -1.29. The van der Waals surface area contributed by atoms with Gasteiger partial charge in [0.1, 0.15) is 11.7 Å². The number of carboxylic acids is 1. The number of aliphatic carboxylic acids is 1. The van der Waals surface area contributed by atoms with Crippen molar-refractivity contribution in [2.75, 3.05) is 12.3 Å². The predicted octanol–water partition coefficient (Wildman–Crippen LogP) is 4.56. The Kier molecular flexibility index (Phi) is 6.49. The molecule has 1 amide bonds. The molecular weight excluding hydrogens is 436 g/mol. The van der Waals surface area contributed by atoms with Crippen LogP contribution in [0, 0.1) is 5.92 Å². The summed E-state index contributed by atoms with van der Waals surface area (Å²) in [7, 11) is 0. The van der Waals surface area contributed by atoms with Crippen LogP contribution >= 0.6 is 0 Å². The minimum Gasteiger partial charge on any atom is -0.481 e. The number of benzene rings is 3. The molecule has 3 aromatic rings. The third-order valence-electron chi connectivity index (χ3n) is 6.04. The zero-order valence-electron chi connectivity index (χ0n) is 19.8. The van der Waals surface area contributed by atoms with Gasteiger partial charge in [-0.25, -0.2) is 9.78 Å². The lowest BCUT2D eigenvalue weighted by Crippen LogP contribution is -2.45. The lowest BCUT2D eigenvalue weighted by Gasteiger charge is -2.42. The Morgan fingerprint density at radius 2 is 1.76 bits per heavy atom. The number of hydrogen-bond acceptors (Lipinski definition) is 6. The van der Waals surface area contributed by atoms with Crippen LogP contribution in [-0.4, -0.2) is 35.4 Å². The van der Waals surface area contributed by atoms with Gasteiger partial charge in [-0.15, -0.1) is 0 Å². The van der Waals surface area contributed by atoms with Crippen LogP contribution in [0.15, 0.2) is 42.5 Å². The molecule has 4 rings (SSSR count). The quantitative estimate of drug-likeness (QED) is 0.277. The minimum absolute atomic E-state index is 0.0219. The van der Waals surface area contributed by atoms with Gasteiger partial charge in [-0.3, -0.25) is 9.59 Å². The Labute approximate surface area is 197 Å². The van der Waals surface area contributed by atoms with Crippen LogP contribution in [0.5, 0.6) is 0 Å². The first-order chi connectivity index (χ1) is 16.1. The van der Waals surface area contributed by atoms with Gasteiger partial charge >= 0.3 is 5.97 Å². The first-order valence-electron chi connectivity index (χ1n) is 11.3.